The molecule has 0 bridgehead atoms. The lowest BCUT2D eigenvalue weighted by atomic mass is 10.2. The van der Waals surface area contributed by atoms with E-state index in [1.54, 1.807) is 33.5 Å². The summed E-state index contributed by atoms with van der Waals surface area (Å²) >= 11 is 3.38. The molecule has 0 saturated heterocycles. The van der Waals surface area contributed by atoms with Crippen LogP contribution in [0.4, 0.5) is 5.69 Å². The Morgan fingerprint density at radius 1 is 1.20 bits per heavy atom. The maximum Gasteiger partial charge on any atom is 0.238 e. The molecule has 112 valence electrons. The summed E-state index contributed by atoms with van der Waals surface area (Å²) in [6, 6.07) is 3.45. The number of amides is 1. The number of nitrogens with one attached hydrogen (secondary N) is 2. The van der Waals surface area contributed by atoms with Crippen molar-refractivity contribution in [2.45, 2.75) is 0 Å². The molecule has 1 amide bonds. The van der Waals surface area contributed by atoms with Crippen LogP contribution in [-0.4, -0.2) is 46.9 Å². The lowest BCUT2D eigenvalue weighted by Gasteiger charge is -2.13. The van der Waals surface area contributed by atoms with Crippen LogP contribution in [0.1, 0.15) is 0 Å². The molecule has 6 nitrogen and oxygen atoms in total. The summed E-state index contributed by atoms with van der Waals surface area (Å²) in [6.07, 6.45) is 0. The minimum Gasteiger partial charge on any atom is -0.493 e. The standard InChI is InChI=1S/C13H19BrN2O4/c1-18-5-4-15-8-13(17)16-10-7-12(20-3)11(19-2)6-9(10)14/h6-7,15H,4-5,8H2,1-3H3,(H,16,17). The third kappa shape index (κ3) is 4.99. The second-order valence-corrected chi connectivity index (χ2v) is 4.76. The number of methoxy groups -OCH3 is 3. The highest BCUT2D eigenvalue weighted by Crippen LogP contribution is 2.36. The van der Waals surface area contributed by atoms with Crippen molar-refractivity contribution >= 4 is 27.5 Å². The van der Waals surface area contributed by atoms with Gasteiger partial charge in [0.1, 0.15) is 0 Å². The summed E-state index contributed by atoms with van der Waals surface area (Å²) in [7, 11) is 4.72. The number of rotatable bonds is 8. The van der Waals surface area contributed by atoms with Gasteiger partial charge in [-0.3, -0.25) is 4.79 Å². The minimum atomic E-state index is -0.144. The second-order valence-electron chi connectivity index (χ2n) is 3.90. The Balaban J connectivity index is 2.65. The Kier molecular flexibility index (Phi) is 7.35. The van der Waals surface area contributed by atoms with Crippen molar-refractivity contribution in [3.63, 3.8) is 0 Å². The summed E-state index contributed by atoms with van der Waals surface area (Å²) < 4.78 is 16.0. The summed E-state index contributed by atoms with van der Waals surface area (Å²) in [5.41, 5.74) is 0.626. The molecule has 2 N–H and O–H groups in total. The van der Waals surface area contributed by atoms with Gasteiger partial charge >= 0.3 is 0 Å². The molecule has 0 saturated carbocycles. The van der Waals surface area contributed by atoms with E-state index in [4.69, 9.17) is 14.2 Å². The van der Waals surface area contributed by atoms with Crippen LogP contribution in [0.5, 0.6) is 11.5 Å². The topological polar surface area (TPSA) is 68.8 Å². The van der Waals surface area contributed by atoms with Gasteiger partial charge in [-0.15, -0.1) is 0 Å². The van der Waals surface area contributed by atoms with Crippen LogP contribution in [0.15, 0.2) is 16.6 Å². The summed E-state index contributed by atoms with van der Waals surface area (Å²) in [4.78, 5) is 11.8. The van der Waals surface area contributed by atoms with Crippen LogP contribution in [0.3, 0.4) is 0 Å². The zero-order chi connectivity index (χ0) is 15.0. The maximum absolute atomic E-state index is 11.8. The van der Waals surface area contributed by atoms with E-state index >= 15 is 0 Å². The van der Waals surface area contributed by atoms with Crippen molar-refractivity contribution in [3.8, 4) is 11.5 Å². The van der Waals surface area contributed by atoms with Gasteiger partial charge in [0.15, 0.2) is 11.5 Å². The smallest absolute Gasteiger partial charge is 0.238 e. The van der Waals surface area contributed by atoms with Gasteiger partial charge in [0.05, 0.1) is 33.1 Å². The highest BCUT2D eigenvalue weighted by molar-refractivity contribution is 9.10. The highest BCUT2D eigenvalue weighted by Gasteiger charge is 2.11. The van der Waals surface area contributed by atoms with Gasteiger partial charge in [-0.2, -0.15) is 0 Å². The third-order valence-electron chi connectivity index (χ3n) is 2.52. The zero-order valence-electron chi connectivity index (χ0n) is 11.8. The van der Waals surface area contributed by atoms with E-state index in [9.17, 15) is 4.79 Å². The van der Waals surface area contributed by atoms with Crippen molar-refractivity contribution in [2.24, 2.45) is 0 Å². The minimum absolute atomic E-state index is 0.144. The molecule has 1 aromatic carbocycles. The SMILES string of the molecule is COCCNCC(=O)Nc1cc(OC)c(OC)cc1Br. The number of halogens is 1. The average Bonchev–Trinajstić information content (AvgIpc) is 2.45. The first-order valence-electron chi connectivity index (χ1n) is 6.03. The number of carbonyl (C=O) groups excluding carboxylic acids is 1. The Morgan fingerprint density at radius 2 is 1.85 bits per heavy atom. The molecular weight excluding hydrogens is 328 g/mol. The number of ether oxygens (including phenoxy) is 3. The van der Waals surface area contributed by atoms with Crippen molar-refractivity contribution in [1.82, 2.24) is 5.32 Å². The van der Waals surface area contributed by atoms with E-state index in [-0.39, 0.29) is 12.5 Å². The quantitative estimate of drug-likeness (QED) is 0.700. The van der Waals surface area contributed by atoms with E-state index in [2.05, 4.69) is 26.6 Å². The van der Waals surface area contributed by atoms with Crippen LogP contribution < -0.4 is 20.1 Å². The highest BCUT2D eigenvalue weighted by atomic mass is 79.9. The lowest BCUT2D eigenvalue weighted by Crippen LogP contribution is -2.30. The molecule has 0 atom stereocenters. The number of anilines is 1. The molecule has 1 rings (SSSR count). The first-order chi connectivity index (χ1) is 9.62. The fourth-order valence-electron chi connectivity index (χ4n) is 1.52. The Labute approximate surface area is 126 Å². The zero-order valence-corrected chi connectivity index (χ0v) is 13.4. The Hall–Kier alpha value is -1.31. The third-order valence-corrected chi connectivity index (χ3v) is 3.17. The van der Waals surface area contributed by atoms with Crippen LogP contribution in [0.25, 0.3) is 0 Å². The predicted molar refractivity (Wildman–Crippen MR) is 80.6 cm³/mol. The summed E-state index contributed by atoms with van der Waals surface area (Å²) in [5, 5.41) is 5.76. The van der Waals surface area contributed by atoms with Gasteiger partial charge in [-0.25, -0.2) is 0 Å². The number of carbonyl (C=O) groups is 1. The van der Waals surface area contributed by atoms with E-state index in [0.717, 1.165) is 4.47 Å². The molecule has 0 fully saturated rings. The van der Waals surface area contributed by atoms with Gasteiger partial charge in [-0.05, 0) is 15.9 Å². The number of hydrogen-bond acceptors (Lipinski definition) is 5. The fraction of sp³-hybridized carbons (Fsp3) is 0.462. The van der Waals surface area contributed by atoms with Gasteiger partial charge in [0.25, 0.3) is 0 Å². The van der Waals surface area contributed by atoms with Crippen LogP contribution in [0.2, 0.25) is 0 Å². The van der Waals surface area contributed by atoms with Crippen molar-refractivity contribution in [1.29, 1.82) is 0 Å². The number of benzene rings is 1. The molecule has 0 aliphatic heterocycles. The van der Waals surface area contributed by atoms with Gasteiger partial charge in [0.2, 0.25) is 5.91 Å². The molecule has 0 radical (unpaired) electrons. The predicted octanol–water partition coefficient (Wildman–Crippen LogP) is 1.64. The largest absolute Gasteiger partial charge is 0.493 e. The van der Waals surface area contributed by atoms with Crippen LogP contribution >= 0.6 is 15.9 Å². The lowest BCUT2D eigenvalue weighted by molar-refractivity contribution is -0.115. The van der Waals surface area contributed by atoms with Gasteiger partial charge in [-0.1, -0.05) is 0 Å². The average molecular weight is 347 g/mol. The molecule has 0 aliphatic rings. The Bertz CT molecular complexity index is 454. The van der Waals surface area contributed by atoms with Crippen molar-refractivity contribution < 1.29 is 19.0 Å². The molecule has 1 aromatic rings. The molecule has 0 aliphatic carbocycles. The first-order valence-corrected chi connectivity index (χ1v) is 6.82. The summed E-state index contributed by atoms with van der Waals surface area (Å²) in [6.45, 7) is 1.40. The first kappa shape index (κ1) is 16.7. The van der Waals surface area contributed by atoms with E-state index < -0.39 is 0 Å². The molecule has 20 heavy (non-hydrogen) atoms. The molecule has 0 unspecified atom stereocenters. The number of hydrogen-bond donors (Lipinski definition) is 2. The van der Waals surface area contributed by atoms with Crippen LogP contribution in [-0.2, 0) is 9.53 Å². The molecule has 7 heteroatoms. The molecule has 0 heterocycles. The van der Waals surface area contributed by atoms with Crippen molar-refractivity contribution in [2.75, 3.05) is 46.3 Å². The second kappa shape index (κ2) is 8.78. The van der Waals surface area contributed by atoms with E-state index in [1.807, 2.05) is 0 Å². The van der Waals surface area contributed by atoms with E-state index in [1.165, 1.54) is 0 Å². The monoisotopic (exact) mass is 346 g/mol. The molecule has 0 aromatic heterocycles. The van der Waals surface area contributed by atoms with Gasteiger partial charge < -0.3 is 24.8 Å². The fourth-order valence-corrected chi connectivity index (χ4v) is 1.94. The van der Waals surface area contributed by atoms with Gasteiger partial charge in [0, 0.05) is 30.3 Å². The Morgan fingerprint density at radius 3 is 2.45 bits per heavy atom. The van der Waals surface area contributed by atoms with Crippen molar-refractivity contribution in [3.05, 3.63) is 16.6 Å². The van der Waals surface area contributed by atoms with E-state index in [0.29, 0.717) is 30.3 Å². The summed E-state index contributed by atoms with van der Waals surface area (Å²) in [5.74, 6) is 1.00. The van der Waals surface area contributed by atoms with Crippen LogP contribution in [0, 0.1) is 0 Å². The normalized spacial score (nSPS) is 10.2. The maximum atomic E-state index is 11.8. The molecule has 0 spiro atoms. The molecular formula is C13H19BrN2O4.